The summed E-state index contributed by atoms with van der Waals surface area (Å²) in [5, 5.41) is 0. The Labute approximate surface area is 160 Å². The molecular weight excluding hydrogens is 332 g/mol. The van der Waals surface area contributed by atoms with E-state index in [4.69, 9.17) is 0 Å². The molecule has 0 unspecified atom stereocenters. The number of hydrogen-bond acceptors (Lipinski definition) is 1. The monoisotopic (exact) mass is 352 g/mol. The van der Waals surface area contributed by atoms with E-state index in [1.807, 2.05) is 0 Å². The molecule has 26 heavy (non-hydrogen) atoms. The molecule has 4 aromatic rings. The van der Waals surface area contributed by atoms with Crippen LogP contribution in [0.4, 0.5) is 0 Å². The van der Waals surface area contributed by atoms with Crippen molar-refractivity contribution in [3.8, 4) is 33.4 Å². The van der Waals surface area contributed by atoms with Crippen molar-refractivity contribution < 1.29 is 0 Å². The topological polar surface area (TPSA) is 0 Å². The fourth-order valence-electron chi connectivity index (χ4n) is 3.39. The number of hydrogen-bond donors (Lipinski definition) is 1. The summed E-state index contributed by atoms with van der Waals surface area (Å²) >= 11 is 4.67. The lowest BCUT2D eigenvalue weighted by atomic mass is 9.88. The van der Waals surface area contributed by atoms with E-state index in [1.165, 1.54) is 38.9 Å². The molecular formula is C25H20S. The highest BCUT2D eigenvalue weighted by Gasteiger charge is 2.14. The third-order valence-electron chi connectivity index (χ3n) is 4.68. The van der Waals surface area contributed by atoms with Gasteiger partial charge in [0.05, 0.1) is 0 Å². The van der Waals surface area contributed by atoms with Crippen molar-refractivity contribution >= 4 is 12.6 Å². The first-order valence-corrected chi connectivity index (χ1v) is 9.44. The van der Waals surface area contributed by atoms with Crippen LogP contribution in [0.5, 0.6) is 0 Å². The average molecular weight is 353 g/mol. The zero-order chi connectivity index (χ0) is 17.8. The van der Waals surface area contributed by atoms with Crippen LogP contribution in [-0.2, 0) is 5.75 Å². The lowest BCUT2D eigenvalue weighted by Crippen LogP contribution is -1.94. The second-order valence-electron chi connectivity index (χ2n) is 6.31. The Balaban J connectivity index is 2.01. The Bertz CT molecular complexity index is 929. The van der Waals surface area contributed by atoms with Gasteiger partial charge in [0.1, 0.15) is 0 Å². The van der Waals surface area contributed by atoms with Gasteiger partial charge in [-0.1, -0.05) is 91.0 Å². The first-order chi connectivity index (χ1) is 12.9. The van der Waals surface area contributed by atoms with Crippen LogP contribution in [0.2, 0.25) is 0 Å². The van der Waals surface area contributed by atoms with Crippen LogP contribution in [0.25, 0.3) is 33.4 Å². The summed E-state index contributed by atoms with van der Waals surface area (Å²) in [5.74, 6) is 0.698. The molecule has 0 aromatic heterocycles. The van der Waals surface area contributed by atoms with Crippen molar-refractivity contribution in [3.63, 3.8) is 0 Å². The van der Waals surface area contributed by atoms with Gasteiger partial charge in [-0.25, -0.2) is 0 Å². The summed E-state index contributed by atoms with van der Waals surface area (Å²) < 4.78 is 0. The molecule has 0 atom stereocenters. The van der Waals surface area contributed by atoms with Crippen molar-refractivity contribution in [2.24, 2.45) is 0 Å². The van der Waals surface area contributed by atoms with Crippen LogP contribution < -0.4 is 0 Å². The predicted molar refractivity (Wildman–Crippen MR) is 115 cm³/mol. The maximum absolute atomic E-state index is 4.67. The summed E-state index contributed by atoms with van der Waals surface area (Å²) in [6.07, 6.45) is 0. The molecule has 0 bridgehead atoms. The van der Waals surface area contributed by atoms with E-state index in [0.29, 0.717) is 5.75 Å². The normalized spacial score (nSPS) is 10.7. The molecule has 0 aliphatic rings. The zero-order valence-corrected chi connectivity index (χ0v) is 15.4. The molecule has 0 radical (unpaired) electrons. The van der Waals surface area contributed by atoms with Gasteiger partial charge >= 0.3 is 0 Å². The molecule has 0 spiro atoms. The first-order valence-electron chi connectivity index (χ1n) is 8.81. The third-order valence-corrected chi connectivity index (χ3v) is 5.00. The van der Waals surface area contributed by atoms with Crippen molar-refractivity contribution in [2.75, 3.05) is 0 Å². The molecule has 4 aromatic carbocycles. The van der Waals surface area contributed by atoms with Crippen LogP contribution in [0.15, 0.2) is 103 Å². The van der Waals surface area contributed by atoms with Gasteiger partial charge in [-0.2, -0.15) is 12.6 Å². The number of thiol groups is 1. The minimum absolute atomic E-state index is 0.698. The molecule has 0 fully saturated rings. The molecule has 126 valence electrons. The lowest BCUT2D eigenvalue weighted by Gasteiger charge is -2.17. The Kier molecular flexibility index (Phi) is 4.90. The van der Waals surface area contributed by atoms with Crippen molar-refractivity contribution in [2.45, 2.75) is 5.75 Å². The van der Waals surface area contributed by atoms with Crippen LogP contribution in [0, 0.1) is 0 Å². The molecule has 0 aliphatic heterocycles. The van der Waals surface area contributed by atoms with Crippen LogP contribution in [0.3, 0.4) is 0 Å². The first kappa shape index (κ1) is 16.7. The van der Waals surface area contributed by atoms with Crippen LogP contribution in [0.1, 0.15) is 5.56 Å². The minimum Gasteiger partial charge on any atom is -0.175 e. The SMILES string of the molecule is SCc1c(-c2ccccc2)cc(-c2ccccc2)cc1-c1ccccc1. The molecule has 1 heteroatoms. The molecule has 0 saturated heterocycles. The second kappa shape index (κ2) is 7.63. The van der Waals surface area contributed by atoms with Crippen LogP contribution >= 0.6 is 12.6 Å². The number of benzene rings is 4. The molecule has 0 aliphatic carbocycles. The molecule has 0 heterocycles. The van der Waals surface area contributed by atoms with Gasteiger partial charge in [0, 0.05) is 5.75 Å². The fraction of sp³-hybridized carbons (Fsp3) is 0.0400. The smallest absolute Gasteiger partial charge is 0.0166 e. The highest BCUT2D eigenvalue weighted by atomic mass is 32.1. The third kappa shape index (κ3) is 3.31. The summed E-state index contributed by atoms with van der Waals surface area (Å²) in [6.45, 7) is 0. The molecule has 0 nitrogen and oxygen atoms in total. The second-order valence-corrected chi connectivity index (χ2v) is 6.62. The summed E-state index contributed by atoms with van der Waals surface area (Å²) in [5.41, 5.74) is 8.69. The highest BCUT2D eigenvalue weighted by Crippen LogP contribution is 2.38. The van der Waals surface area contributed by atoms with Gasteiger partial charge in [-0.15, -0.1) is 0 Å². The maximum Gasteiger partial charge on any atom is 0.0166 e. The molecule has 0 amide bonds. The molecule has 0 N–H and O–H groups in total. The van der Waals surface area contributed by atoms with Gasteiger partial charge in [0.25, 0.3) is 0 Å². The molecule has 4 rings (SSSR count). The Morgan fingerprint density at radius 3 is 1.23 bits per heavy atom. The summed E-state index contributed by atoms with van der Waals surface area (Å²) in [7, 11) is 0. The highest BCUT2D eigenvalue weighted by molar-refractivity contribution is 7.79. The van der Waals surface area contributed by atoms with Gasteiger partial charge in [-0.3, -0.25) is 0 Å². The number of rotatable bonds is 4. The fourth-order valence-corrected chi connectivity index (χ4v) is 3.73. The van der Waals surface area contributed by atoms with E-state index >= 15 is 0 Å². The van der Waals surface area contributed by atoms with Gasteiger partial charge < -0.3 is 0 Å². The van der Waals surface area contributed by atoms with E-state index in [-0.39, 0.29) is 0 Å². The predicted octanol–water partition coefficient (Wildman–Crippen LogP) is 7.12. The van der Waals surface area contributed by atoms with E-state index in [2.05, 4.69) is 116 Å². The summed E-state index contributed by atoms with van der Waals surface area (Å²) in [6, 6.07) is 36.3. The van der Waals surface area contributed by atoms with Gasteiger partial charge in [-0.05, 0) is 51.1 Å². The van der Waals surface area contributed by atoms with Crippen molar-refractivity contribution in [3.05, 3.63) is 109 Å². The Morgan fingerprint density at radius 2 is 0.846 bits per heavy atom. The van der Waals surface area contributed by atoms with E-state index < -0.39 is 0 Å². The van der Waals surface area contributed by atoms with Crippen molar-refractivity contribution in [1.82, 2.24) is 0 Å². The van der Waals surface area contributed by atoms with E-state index in [0.717, 1.165) is 0 Å². The van der Waals surface area contributed by atoms with Crippen LogP contribution in [-0.4, -0.2) is 0 Å². The molecule has 0 saturated carbocycles. The Morgan fingerprint density at radius 1 is 0.462 bits per heavy atom. The average Bonchev–Trinajstić information content (AvgIpc) is 2.74. The Hall–Kier alpha value is -2.77. The van der Waals surface area contributed by atoms with E-state index in [1.54, 1.807) is 0 Å². The minimum atomic E-state index is 0.698. The lowest BCUT2D eigenvalue weighted by molar-refractivity contribution is 1.41. The standard InChI is InChI=1S/C25H20S/c26-18-25-23(20-12-6-2-7-13-20)16-22(19-10-4-1-5-11-19)17-24(25)21-14-8-3-9-15-21/h1-17,26H,18H2. The largest absolute Gasteiger partial charge is 0.175 e. The zero-order valence-electron chi connectivity index (χ0n) is 14.5. The quantitative estimate of drug-likeness (QED) is 0.371. The van der Waals surface area contributed by atoms with Crippen molar-refractivity contribution in [1.29, 1.82) is 0 Å². The van der Waals surface area contributed by atoms with Gasteiger partial charge in [0.2, 0.25) is 0 Å². The van der Waals surface area contributed by atoms with E-state index in [9.17, 15) is 0 Å². The summed E-state index contributed by atoms with van der Waals surface area (Å²) in [4.78, 5) is 0. The van der Waals surface area contributed by atoms with Gasteiger partial charge in [0.15, 0.2) is 0 Å². The maximum atomic E-state index is 4.67.